The molecule has 0 aromatic carbocycles. The summed E-state index contributed by atoms with van der Waals surface area (Å²) in [6, 6.07) is -1.07. The molecular formula is C11H21NO5S. The number of carbonyl (C=O) groups is 1. The molecule has 1 fully saturated rings. The van der Waals surface area contributed by atoms with E-state index in [1.54, 1.807) is 6.92 Å². The van der Waals surface area contributed by atoms with E-state index in [4.69, 9.17) is 9.84 Å². The van der Waals surface area contributed by atoms with Gasteiger partial charge in [-0.25, -0.2) is 13.1 Å². The smallest absolute Gasteiger partial charge is 0.322 e. The van der Waals surface area contributed by atoms with E-state index in [1.807, 2.05) is 6.92 Å². The van der Waals surface area contributed by atoms with Crippen LogP contribution in [-0.2, 0) is 19.6 Å². The molecule has 0 amide bonds. The minimum Gasteiger partial charge on any atom is -0.480 e. The van der Waals surface area contributed by atoms with Gasteiger partial charge in [-0.05, 0) is 18.8 Å². The van der Waals surface area contributed by atoms with Gasteiger partial charge in [-0.2, -0.15) is 0 Å². The SMILES string of the molecule is CCC(C)C(NS(=O)(=O)CC1CCCO1)C(=O)O. The summed E-state index contributed by atoms with van der Waals surface area (Å²) >= 11 is 0. The standard InChI is InChI=1S/C11H21NO5S/c1-3-8(2)10(11(13)14)12-18(15,16)7-9-5-4-6-17-9/h8-10,12H,3-7H2,1-2H3,(H,13,14). The van der Waals surface area contributed by atoms with E-state index in [2.05, 4.69) is 4.72 Å². The van der Waals surface area contributed by atoms with Crippen LogP contribution in [0.1, 0.15) is 33.1 Å². The van der Waals surface area contributed by atoms with Crippen molar-refractivity contribution in [3.8, 4) is 0 Å². The number of carboxylic acid groups (broad SMARTS) is 1. The third-order valence-electron chi connectivity index (χ3n) is 3.21. The molecule has 0 bridgehead atoms. The number of hydrogen-bond donors (Lipinski definition) is 2. The first-order valence-corrected chi connectivity index (χ1v) is 7.85. The van der Waals surface area contributed by atoms with Gasteiger partial charge in [-0.1, -0.05) is 20.3 Å². The maximum absolute atomic E-state index is 11.9. The Balaban J connectivity index is 2.63. The molecule has 1 saturated heterocycles. The summed E-state index contributed by atoms with van der Waals surface area (Å²) in [5.74, 6) is -1.55. The normalized spacial score (nSPS) is 23.8. The molecular weight excluding hydrogens is 258 g/mol. The van der Waals surface area contributed by atoms with Crippen molar-refractivity contribution in [3.05, 3.63) is 0 Å². The molecule has 0 saturated carbocycles. The van der Waals surface area contributed by atoms with Crippen LogP contribution in [0.5, 0.6) is 0 Å². The van der Waals surface area contributed by atoms with Gasteiger partial charge in [0.2, 0.25) is 10.0 Å². The Morgan fingerprint density at radius 3 is 2.67 bits per heavy atom. The maximum atomic E-state index is 11.9. The summed E-state index contributed by atoms with van der Waals surface area (Å²) in [4.78, 5) is 11.1. The summed E-state index contributed by atoms with van der Waals surface area (Å²) in [5, 5.41) is 9.04. The lowest BCUT2D eigenvalue weighted by molar-refractivity contribution is -0.140. The lowest BCUT2D eigenvalue weighted by Gasteiger charge is -2.21. The number of rotatable bonds is 7. The summed E-state index contributed by atoms with van der Waals surface area (Å²) in [5.41, 5.74) is 0. The molecule has 3 atom stereocenters. The van der Waals surface area contributed by atoms with Crippen LogP contribution >= 0.6 is 0 Å². The van der Waals surface area contributed by atoms with Crippen molar-refractivity contribution in [1.82, 2.24) is 4.72 Å². The highest BCUT2D eigenvalue weighted by Gasteiger charge is 2.31. The van der Waals surface area contributed by atoms with Gasteiger partial charge in [-0.15, -0.1) is 0 Å². The fourth-order valence-corrected chi connectivity index (χ4v) is 3.48. The van der Waals surface area contributed by atoms with Gasteiger partial charge in [0.15, 0.2) is 0 Å². The Morgan fingerprint density at radius 1 is 1.56 bits per heavy atom. The molecule has 0 aromatic rings. The molecule has 0 radical (unpaired) electrons. The average molecular weight is 279 g/mol. The van der Waals surface area contributed by atoms with Gasteiger partial charge in [0.25, 0.3) is 0 Å². The monoisotopic (exact) mass is 279 g/mol. The molecule has 1 aliphatic rings. The number of ether oxygens (including phenoxy) is 1. The van der Waals surface area contributed by atoms with Crippen molar-refractivity contribution in [1.29, 1.82) is 0 Å². The quantitative estimate of drug-likeness (QED) is 0.711. The van der Waals surface area contributed by atoms with E-state index in [9.17, 15) is 13.2 Å². The Bertz CT molecular complexity index is 375. The van der Waals surface area contributed by atoms with Gasteiger partial charge < -0.3 is 9.84 Å². The summed E-state index contributed by atoms with van der Waals surface area (Å²) in [7, 11) is -3.62. The van der Waals surface area contributed by atoms with Crippen LogP contribution in [0.25, 0.3) is 0 Å². The largest absolute Gasteiger partial charge is 0.480 e. The highest BCUT2D eigenvalue weighted by Crippen LogP contribution is 2.15. The van der Waals surface area contributed by atoms with Crippen LogP contribution < -0.4 is 4.72 Å². The minimum absolute atomic E-state index is 0.160. The Kier molecular flexibility index (Phi) is 5.55. The molecule has 1 aliphatic heterocycles. The molecule has 0 aliphatic carbocycles. The predicted octanol–water partition coefficient (Wildman–Crippen LogP) is 0.584. The molecule has 18 heavy (non-hydrogen) atoms. The molecule has 2 N–H and O–H groups in total. The third kappa shape index (κ3) is 4.55. The molecule has 6 nitrogen and oxygen atoms in total. The highest BCUT2D eigenvalue weighted by molar-refractivity contribution is 7.89. The number of aliphatic carboxylic acids is 1. The van der Waals surface area contributed by atoms with E-state index in [-0.39, 0.29) is 17.8 Å². The van der Waals surface area contributed by atoms with Crippen molar-refractivity contribution in [2.75, 3.05) is 12.4 Å². The fourth-order valence-electron chi connectivity index (χ4n) is 1.91. The van der Waals surface area contributed by atoms with Gasteiger partial charge >= 0.3 is 5.97 Å². The Hall–Kier alpha value is -0.660. The van der Waals surface area contributed by atoms with E-state index in [0.717, 1.165) is 6.42 Å². The summed E-state index contributed by atoms with van der Waals surface area (Å²) in [6.45, 7) is 4.12. The van der Waals surface area contributed by atoms with E-state index < -0.39 is 22.0 Å². The second-order valence-corrected chi connectivity index (χ2v) is 6.53. The van der Waals surface area contributed by atoms with Crippen molar-refractivity contribution in [3.63, 3.8) is 0 Å². The van der Waals surface area contributed by atoms with E-state index in [1.165, 1.54) is 0 Å². The Labute approximate surface area is 108 Å². The highest BCUT2D eigenvalue weighted by atomic mass is 32.2. The lowest BCUT2D eigenvalue weighted by Crippen LogP contribution is -2.47. The third-order valence-corrected chi connectivity index (χ3v) is 4.64. The molecule has 1 heterocycles. The second-order valence-electron chi connectivity index (χ2n) is 4.74. The molecule has 3 unspecified atom stereocenters. The van der Waals surface area contributed by atoms with Crippen LogP contribution in [0.15, 0.2) is 0 Å². The van der Waals surface area contributed by atoms with Crippen molar-refractivity contribution in [2.24, 2.45) is 5.92 Å². The van der Waals surface area contributed by atoms with E-state index in [0.29, 0.717) is 19.4 Å². The zero-order valence-corrected chi connectivity index (χ0v) is 11.6. The zero-order chi connectivity index (χ0) is 13.8. The zero-order valence-electron chi connectivity index (χ0n) is 10.8. The number of nitrogens with one attached hydrogen (secondary N) is 1. The van der Waals surface area contributed by atoms with Crippen molar-refractivity contribution < 1.29 is 23.1 Å². The van der Waals surface area contributed by atoms with E-state index >= 15 is 0 Å². The Morgan fingerprint density at radius 2 is 2.22 bits per heavy atom. The van der Waals surface area contributed by atoms with Gasteiger partial charge in [0.05, 0.1) is 11.9 Å². The van der Waals surface area contributed by atoms with Gasteiger partial charge in [0.1, 0.15) is 6.04 Å². The van der Waals surface area contributed by atoms with Crippen LogP contribution in [0.2, 0.25) is 0 Å². The first-order valence-electron chi connectivity index (χ1n) is 6.20. The molecule has 7 heteroatoms. The summed E-state index contributed by atoms with van der Waals surface area (Å²) in [6.07, 6.45) is 1.85. The lowest BCUT2D eigenvalue weighted by atomic mass is 10.0. The van der Waals surface area contributed by atoms with Crippen LogP contribution in [0.4, 0.5) is 0 Å². The van der Waals surface area contributed by atoms with Crippen LogP contribution in [0, 0.1) is 5.92 Å². The number of hydrogen-bond acceptors (Lipinski definition) is 4. The van der Waals surface area contributed by atoms with Crippen molar-refractivity contribution >= 4 is 16.0 Å². The number of sulfonamides is 1. The molecule has 0 aromatic heterocycles. The average Bonchev–Trinajstić information content (AvgIpc) is 2.76. The number of carboxylic acids is 1. The minimum atomic E-state index is -3.62. The van der Waals surface area contributed by atoms with Crippen molar-refractivity contribution in [2.45, 2.75) is 45.3 Å². The molecule has 0 spiro atoms. The predicted molar refractivity (Wildman–Crippen MR) is 66.8 cm³/mol. The van der Waals surface area contributed by atoms with Gasteiger partial charge in [-0.3, -0.25) is 4.79 Å². The summed E-state index contributed by atoms with van der Waals surface area (Å²) < 4.78 is 31.2. The maximum Gasteiger partial charge on any atom is 0.322 e. The fraction of sp³-hybridized carbons (Fsp3) is 0.909. The van der Waals surface area contributed by atoms with Gasteiger partial charge in [0, 0.05) is 6.61 Å². The molecule has 106 valence electrons. The molecule has 1 rings (SSSR count). The second kappa shape index (κ2) is 6.49. The van der Waals surface area contributed by atoms with Crippen LogP contribution in [-0.4, -0.2) is 44.0 Å². The topological polar surface area (TPSA) is 92.7 Å². The first-order chi connectivity index (χ1) is 8.35. The first kappa shape index (κ1) is 15.4. The van der Waals surface area contributed by atoms with Crippen LogP contribution in [0.3, 0.4) is 0 Å².